The predicted octanol–water partition coefficient (Wildman–Crippen LogP) is -1.29. The third-order valence-corrected chi connectivity index (χ3v) is 0. The minimum absolute atomic E-state index is 1.25. The van der Waals surface area contributed by atoms with Crippen LogP contribution in [0.5, 0.6) is 0 Å². The van der Waals surface area contributed by atoms with Crippen LogP contribution in [0.3, 0.4) is 0 Å². The van der Waals surface area contributed by atoms with Crippen LogP contribution >= 0.6 is 8.60 Å². The molecule has 0 N–H and O–H groups in total. The highest BCUT2D eigenvalue weighted by Crippen LogP contribution is 1.85. The first-order chi connectivity index (χ1) is 3.15. The van der Waals surface area contributed by atoms with Crippen molar-refractivity contribution in [2.75, 3.05) is 0 Å². The Morgan fingerprint density at radius 1 is 1.14 bits per heavy atom. The van der Waals surface area contributed by atoms with Crippen LogP contribution in [0.2, 0.25) is 0 Å². The highest BCUT2D eigenvalue weighted by atomic mass is 31.2. The molecule has 4 heteroatoms. The Kier molecular flexibility index (Phi) is 14.1. The Balaban J connectivity index is 0. The van der Waals surface area contributed by atoms with Crippen molar-refractivity contribution in [2.24, 2.45) is 0 Å². The van der Waals surface area contributed by atoms with Gasteiger partial charge in [-0.1, -0.05) is 20.3 Å². The van der Waals surface area contributed by atoms with Crippen molar-refractivity contribution in [1.29, 1.82) is 0 Å². The lowest BCUT2D eigenvalue weighted by molar-refractivity contribution is -0.407. The molecule has 0 fully saturated rings. The van der Waals surface area contributed by atoms with E-state index >= 15 is 0 Å². The topological polar surface area (TPSA) is 69.2 Å². The summed E-state index contributed by atoms with van der Waals surface area (Å²) in [6, 6.07) is 0. The summed E-state index contributed by atoms with van der Waals surface area (Å²) >= 11 is 0. The van der Waals surface area contributed by atoms with Crippen molar-refractivity contribution in [1.82, 2.24) is 0 Å². The largest absolute Gasteiger partial charge is 0.854 e. The van der Waals surface area contributed by atoms with Gasteiger partial charge in [0, 0.05) is 0 Å². The second-order valence-corrected chi connectivity index (χ2v) is 1.38. The van der Waals surface area contributed by atoms with Gasteiger partial charge in [-0.3, -0.25) is 0 Å². The van der Waals surface area contributed by atoms with Gasteiger partial charge in [0.1, 0.15) is 0 Å². The fraction of sp³-hybridized carbons (Fsp3) is 1.00. The van der Waals surface area contributed by atoms with Gasteiger partial charge < -0.3 is 23.3 Å². The minimum atomic E-state index is -3.37. The maximum absolute atomic E-state index is 8.48. The molecule has 0 aliphatic heterocycles. The molecule has 0 bridgehead atoms. The molecular weight excluding hydrogens is 115 g/mol. The van der Waals surface area contributed by atoms with Crippen LogP contribution in [0.4, 0.5) is 0 Å². The summed E-state index contributed by atoms with van der Waals surface area (Å²) in [4.78, 5) is 25.4. The Labute approximate surface area is 44.6 Å². The molecule has 0 atom stereocenters. The minimum Gasteiger partial charge on any atom is -0.854 e. The van der Waals surface area contributed by atoms with Crippen LogP contribution < -0.4 is 14.7 Å². The highest BCUT2D eigenvalue weighted by molar-refractivity contribution is 7.33. The molecule has 0 saturated heterocycles. The second-order valence-electron chi connectivity index (χ2n) is 0.931. The molecule has 0 spiro atoms. The van der Waals surface area contributed by atoms with E-state index in [4.69, 9.17) is 14.7 Å². The van der Waals surface area contributed by atoms with E-state index in [-0.39, 0.29) is 0 Å². The monoisotopic (exact) mass is 123 g/mol. The molecule has 7 heavy (non-hydrogen) atoms. The molecule has 0 radical (unpaired) electrons. The van der Waals surface area contributed by atoms with Crippen LogP contribution in [-0.2, 0) is 0 Å². The smallest absolute Gasteiger partial charge is 0.0590 e. The van der Waals surface area contributed by atoms with Gasteiger partial charge in [0.05, 0.1) is 0 Å². The zero-order chi connectivity index (χ0) is 6.28. The van der Waals surface area contributed by atoms with E-state index in [2.05, 4.69) is 13.8 Å². The van der Waals surface area contributed by atoms with E-state index in [0.29, 0.717) is 0 Å². The maximum Gasteiger partial charge on any atom is -0.0590 e. The van der Waals surface area contributed by atoms with E-state index in [1.54, 1.807) is 0 Å². The summed E-state index contributed by atoms with van der Waals surface area (Å²) < 4.78 is 0. The average Bonchev–Trinajstić information content (AvgIpc) is 1.33. The van der Waals surface area contributed by atoms with Crippen molar-refractivity contribution in [2.45, 2.75) is 20.3 Å². The number of hydrogen-bond acceptors (Lipinski definition) is 3. The third kappa shape index (κ3) is 1220. The molecule has 0 amide bonds. The molecule has 0 aliphatic rings. The number of rotatable bonds is 0. The summed E-state index contributed by atoms with van der Waals surface area (Å²) in [6.45, 7) is 4.25. The summed E-state index contributed by atoms with van der Waals surface area (Å²) in [5.41, 5.74) is 0. The first-order valence-corrected chi connectivity index (χ1v) is 3.06. The summed E-state index contributed by atoms with van der Waals surface area (Å²) in [6.07, 6.45) is 1.25. The molecule has 0 aromatic rings. The molecule has 46 valence electrons. The van der Waals surface area contributed by atoms with E-state index in [1.165, 1.54) is 6.42 Å². The standard InChI is InChI=1S/C3H8.O3P/c1-3-2;1-4(2)3/h3H2,1-2H3;/q;-3. The van der Waals surface area contributed by atoms with Crippen molar-refractivity contribution < 1.29 is 14.7 Å². The number of hydrogen-bond donors (Lipinski definition) is 0. The van der Waals surface area contributed by atoms with Gasteiger partial charge in [0.15, 0.2) is 0 Å². The van der Waals surface area contributed by atoms with Gasteiger partial charge in [-0.25, -0.2) is 0 Å². The second kappa shape index (κ2) is 9.58. The highest BCUT2D eigenvalue weighted by Gasteiger charge is 1.35. The SMILES string of the molecule is CCC.[O-]P([O-])[O-]. The Morgan fingerprint density at radius 3 is 1.14 bits per heavy atom. The van der Waals surface area contributed by atoms with Crippen LogP contribution in [0.15, 0.2) is 0 Å². The maximum atomic E-state index is 8.48. The zero-order valence-electron chi connectivity index (χ0n) is 4.38. The molecule has 0 rings (SSSR count). The van der Waals surface area contributed by atoms with E-state index in [9.17, 15) is 0 Å². The van der Waals surface area contributed by atoms with Crippen LogP contribution in [-0.4, -0.2) is 0 Å². The van der Waals surface area contributed by atoms with Crippen LogP contribution in [0, 0.1) is 0 Å². The van der Waals surface area contributed by atoms with E-state index in [0.717, 1.165) is 0 Å². The Morgan fingerprint density at radius 2 is 1.14 bits per heavy atom. The molecule has 0 heterocycles. The molecule has 0 aromatic carbocycles. The van der Waals surface area contributed by atoms with E-state index in [1.807, 2.05) is 0 Å². The average molecular weight is 123 g/mol. The van der Waals surface area contributed by atoms with Gasteiger partial charge >= 0.3 is 0 Å². The summed E-state index contributed by atoms with van der Waals surface area (Å²) in [5, 5.41) is 0. The van der Waals surface area contributed by atoms with Gasteiger partial charge in [-0.2, -0.15) is 0 Å². The van der Waals surface area contributed by atoms with Crippen molar-refractivity contribution in [3.63, 3.8) is 0 Å². The zero-order valence-corrected chi connectivity index (χ0v) is 5.27. The first-order valence-electron chi connectivity index (χ1n) is 1.96. The summed E-state index contributed by atoms with van der Waals surface area (Å²) in [7, 11) is -3.37. The van der Waals surface area contributed by atoms with Crippen LogP contribution in [0.1, 0.15) is 20.3 Å². The lowest BCUT2D eigenvalue weighted by atomic mass is 10.6. The fourth-order valence-corrected chi connectivity index (χ4v) is 0. The molecular formula is C3H8O3P-3. The third-order valence-electron chi connectivity index (χ3n) is 0. The van der Waals surface area contributed by atoms with Crippen molar-refractivity contribution >= 4 is 8.60 Å². The van der Waals surface area contributed by atoms with Gasteiger partial charge in [0.25, 0.3) is 0 Å². The molecule has 0 aliphatic carbocycles. The quantitative estimate of drug-likeness (QED) is 0.376. The van der Waals surface area contributed by atoms with Crippen LogP contribution in [0.25, 0.3) is 0 Å². The Hall–Kier alpha value is 0.310. The van der Waals surface area contributed by atoms with Gasteiger partial charge in [-0.15, -0.1) is 0 Å². The summed E-state index contributed by atoms with van der Waals surface area (Å²) in [5.74, 6) is 0. The van der Waals surface area contributed by atoms with Gasteiger partial charge in [0.2, 0.25) is 0 Å². The fourth-order valence-electron chi connectivity index (χ4n) is 0. The molecule has 0 unspecified atom stereocenters. The van der Waals surface area contributed by atoms with Gasteiger partial charge in [-0.05, 0) is 0 Å². The Bertz CT molecular complexity index is 21.4. The van der Waals surface area contributed by atoms with E-state index < -0.39 is 8.60 Å². The van der Waals surface area contributed by atoms with Crippen molar-refractivity contribution in [3.05, 3.63) is 0 Å². The lowest BCUT2D eigenvalue weighted by Gasteiger charge is -2.39. The molecule has 0 saturated carbocycles. The first kappa shape index (κ1) is 10.3. The predicted molar refractivity (Wildman–Crippen MR) is 22.9 cm³/mol. The molecule has 0 aromatic heterocycles. The normalized spacial score (nSPS) is 7.71. The molecule has 3 nitrogen and oxygen atoms in total. The lowest BCUT2D eigenvalue weighted by Crippen LogP contribution is -2.18. The van der Waals surface area contributed by atoms with Crippen molar-refractivity contribution in [3.8, 4) is 0 Å².